The smallest absolute Gasteiger partial charge is 0.319 e. The van der Waals surface area contributed by atoms with Crippen molar-refractivity contribution in [3.8, 4) is 11.4 Å². The summed E-state index contributed by atoms with van der Waals surface area (Å²) in [4.78, 5) is 16.7. The van der Waals surface area contributed by atoms with Crippen molar-refractivity contribution < 1.29 is 9.90 Å². The van der Waals surface area contributed by atoms with E-state index < -0.39 is 18.2 Å². The Labute approximate surface area is 144 Å². The number of aromatic amines is 1. The van der Waals surface area contributed by atoms with Gasteiger partial charge in [0.25, 0.3) is 0 Å². The van der Waals surface area contributed by atoms with Crippen LogP contribution < -0.4 is 10.6 Å². The second-order valence-electron chi connectivity index (χ2n) is 5.92. The Morgan fingerprint density at radius 2 is 2.04 bits per heavy atom. The first-order valence-electron chi connectivity index (χ1n) is 8.00. The molecular weight excluding hydrogens is 318 g/mol. The topological polar surface area (TPSA) is 103 Å². The first kappa shape index (κ1) is 15.3. The summed E-state index contributed by atoms with van der Waals surface area (Å²) in [6.07, 6.45) is 3.10. The number of rotatable bonds is 3. The van der Waals surface area contributed by atoms with Crippen LogP contribution in [-0.4, -0.2) is 32.4 Å². The minimum absolute atomic E-state index is 0.403. The van der Waals surface area contributed by atoms with E-state index in [0.29, 0.717) is 23.5 Å². The van der Waals surface area contributed by atoms with Gasteiger partial charge in [-0.1, -0.05) is 30.3 Å². The van der Waals surface area contributed by atoms with Crippen LogP contribution in [0, 0.1) is 0 Å². The monoisotopic (exact) mass is 335 g/mol. The number of hydrogen-bond donors (Lipinski definition) is 4. The van der Waals surface area contributed by atoms with Gasteiger partial charge in [0, 0.05) is 12.6 Å². The zero-order valence-electron chi connectivity index (χ0n) is 13.3. The number of amides is 2. The molecule has 4 rings (SSSR count). The van der Waals surface area contributed by atoms with Gasteiger partial charge >= 0.3 is 6.03 Å². The van der Waals surface area contributed by atoms with Crippen molar-refractivity contribution in [1.82, 2.24) is 20.5 Å². The number of aliphatic hydroxyl groups is 1. The zero-order valence-corrected chi connectivity index (χ0v) is 13.3. The molecule has 7 heteroatoms. The summed E-state index contributed by atoms with van der Waals surface area (Å²) < 4.78 is 0. The molecular formula is C18H17N5O2. The number of aromatic nitrogens is 3. The summed E-state index contributed by atoms with van der Waals surface area (Å²) in [6, 6.07) is 12.4. The van der Waals surface area contributed by atoms with Crippen LogP contribution >= 0.6 is 0 Å². The van der Waals surface area contributed by atoms with Gasteiger partial charge in [-0.05, 0) is 23.3 Å². The number of anilines is 1. The third-order valence-electron chi connectivity index (χ3n) is 4.30. The SMILES string of the molecule is O=C(Nc1cn[nH]c1-c1ccccn1)N[C@H]1c2ccccc2C[C@H]1O. The standard InChI is InChI=1S/C18H17N5O2/c24-15-9-11-5-1-2-6-12(11)16(15)22-18(25)21-14-10-20-23-17(14)13-7-3-4-8-19-13/h1-8,10,15-16,24H,9H2,(H,20,23)(H2,21,22,25)/t15-,16+/m1/s1. The van der Waals surface area contributed by atoms with Crippen LogP contribution in [0.2, 0.25) is 0 Å². The van der Waals surface area contributed by atoms with Gasteiger partial charge in [-0.3, -0.25) is 10.1 Å². The number of urea groups is 1. The molecule has 1 aliphatic rings. The number of aliphatic hydroxyl groups excluding tert-OH is 1. The van der Waals surface area contributed by atoms with E-state index >= 15 is 0 Å². The number of carbonyl (C=O) groups excluding carboxylic acids is 1. The van der Waals surface area contributed by atoms with Gasteiger partial charge in [0.2, 0.25) is 0 Å². The highest BCUT2D eigenvalue weighted by atomic mass is 16.3. The maximum atomic E-state index is 12.4. The number of nitrogens with zero attached hydrogens (tertiary/aromatic N) is 2. The molecule has 25 heavy (non-hydrogen) atoms. The van der Waals surface area contributed by atoms with Gasteiger partial charge in [-0.2, -0.15) is 5.10 Å². The lowest BCUT2D eigenvalue weighted by Crippen LogP contribution is -2.36. The van der Waals surface area contributed by atoms with Gasteiger partial charge in [0.05, 0.1) is 29.7 Å². The van der Waals surface area contributed by atoms with Gasteiger partial charge in [0.1, 0.15) is 5.69 Å². The molecule has 2 amide bonds. The van der Waals surface area contributed by atoms with E-state index in [-0.39, 0.29) is 0 Å². The molecule has 1 aromatic carbocycles. The van der Waals surface area contributed by atoms with E-state index in [9.17, 15) is 9.90 Å². The molecule has 3 aromatic rings. The number of H-pyrrole nitrogens is 1. The maximum absolute atomic E-state index is 12.4. The van der Waals surface area contributed by atoms with E-state index in [0.717, 1.165) is 11.1 Å². The Kier molecular flexibility index (Phi) is 3.91. The van der Waals surface area contributed by atoms with Crippen LogP contribution in [0.1, 0.15) is 17.2 Å². The Morgan fingerprint density at radius 1 is 1.20 bits per heavy atom. The number of pyridine rings is 1. The number of carbonyl (C=O) groups is 1. The van der Waals surface area contributed by atoms with Gasteiger partial charge < -0.3 is 15.7 Å². The Morgan fingerprint density at radius 3 is 2.88 bits per heavy atom. The number of hydrogen-bond acceptors (Lipinski definition) is 4. The predicted octanol–water partition coefficient (Wildman–Crippen LogP) is 2.25. The second kappa shape index (κ2) is 6.37. The molecule has 2 atom stereocenters. The van der Waals surface area contributed by atoms with Crippen molar-refractivity contribution in [3.63, 3.8) is 0 Å². The van der Waals surface area contributed by atoms with Crippen molar-refractivity contribution in [2.45, 2.75) is 18.6 Å². The Balaban J connectivity index is 1.50. The third-order valence-corrected chi connectivity index (χ3v) is 4.30. The molecule has 0 unspecified atom stereocenters. The fourth-order valence-electron chi connectivity index (χ4n) is 3.13. The third kappa shape index (κ3) is 2.97. The molecule has 7 nitrogen and oxygen atoms in total. The number of benzene rings is 1. The highest BCUT2D eigenvalue weighted by Crippen LogP contribution is 2.31. The van der Waals surface area contributed by atoms with Crippen molar-refractivity contribution in [3.05, 3.63) is 66.0 Å². The van der Waals surface area contributed by atoms with Crippen LogP contribution in [0.4, 0.5) is 10.5 Å². The van der Waals surface area contributed by atoms with Crippen LogP contribution in [0.5, 0.6) is 0 Å². The lowest BCUT2D eigenvalue weighted by atomic mass is 10.1. The summed E-state index contributed by atoms with van der Waals surface area (Å²) in [5, 5.41) is 22.7. The molecule has 0 fully saturated rings. The predicted molar refractivity (Wildman–Crippen MR) is 92.9 cm³/mol. The summed E-state index contributed by atoms with van der Waals surface area (Å²) >= 11 is 0. The van der Waals surface area contributed by atoms with E-state index in [2.05, 4.69) is 25.8 Å². The molecule has 0 aliphatic heterocycles. The quantitative estimate of drug-likeness (QED) is 0.589. The van der Waals surface area contributed by atoms with Crippen molar-refractivity contribution in [2.75, 3.05) is 5.32 Å². The molecule has 0 spiro atoms. The van der Waals surface area contributed by atoms with E-state index in [1.165, 1.54) is 6.20 Å². The maximum Gasteiger partial charge on any atom is 0.319 e. The molecule has 0 bridgehead atoms. The van der Waals surface area contributed by atoms with Crippen molar-refractivity contribution in [2.24, 2.45) is 0 Å². The molecule has 0 saturated carbocycles. The van der Waals surface area contributed by atoms with E-state index in [1.807, 2.05) is 42.5 Å². The molecule has 1 aliphatic carbocycles. The van der Waals surface area contributed by atoms with Crippen LogP contribution in [0.3, 0.4) is 0 Å². The summed E-state index contributed by atoms with van der Waals surface area (Å²) in [7, 11) is 0. The molecule has 2 heterocycles. The average Bonchev–Trinajstić information content (AvgIpc) is 3.20. The Bertz CT molecular complexity index is 893. The van der Waals surface area contributed by atoms with E-state index in [4.69, 9.17) is 0 Å². The molecule has 2 aromatic heterocycles. The first-order chi connectivity index (χ1) is 12.2. The lowest BCUT2D eigenvalue weighted by molar-refractivity contribution is 0.144. The number of fused-ring (bicyclic) bond motifs is 1. The minimum Gasteiger partial charge on any atom is -0.390 e. The second-order valence-corrected chi connectivity index (χ2v) is 5.92. The molecule has 126 valence electrons. The van der Waals surface area contributed by atoms with Crippen molar-refractivity contribution >= 4 is 11.7 Å². The van der Waals surface area contributed by atoms with Crippen LogP contribution in [0.15, 0.2) is 54.9 Å². The summed E-state index contributed by atoms with van der Waals surface area (Å²) in [5.74, 6) is 0. The lowest BCUT2D eigenvalue weighted by Gasteiger charge is -2.18. The molecule has 0 radical (unpaired) electrons. The minimum atomic E-state index is -0.636. The fourth-order valence-corrected chi connectivity index (χ4v) is 3.13. The average molecular weight is 335 g/mol. The van der Waals surface area contributed by atoms with Gasteiger partial charge in [0.15, 0.2) is 0 Å². The summed E-state index contributed by atoms with van der Waals surface area (Å²) in [5.41, 5.74) is 3.83. The van der Waals surface area contributed by atoms with Gasteiger partial charge in [-0.25, -0.2) is 4.79 Å². The van der Waals surface area contributed by atoms with Crippen LogP contribution in [-0.2, 0) is 6.42 Å². The molecule has 0 saturated heterocycles. The first-order valence-corrected chi connectivity index (χ1v) is 8.00. The zero-order chi connectivity index (χ0) is 17.2. The number of nitrogens with one attached hydrogen (secondary N) is 3. The van der Waals surface area contributed by atoms with E-state index in [1.54, 1.807) is 6.20 Å². The summed E-state index contributed by atoms with van der Waals surface area (Å²) in [6.45, 7) is 0. The van der Waals surface area contributed by atoms with Crippen molar-refractivity contribution in [1.29, 1.82) is 0 Å². The fraction of sp³-hybridized carbons (Fsp3) is 0.167. The molecule has 4 N–H and O–H groups in total. The highest BCUT2D eigenvalue weighted by Gasteiger charge is 2.32. The normalized spacial score (nSPS) is 18.6. The Hall–Kier alpha value is -3.19. The van der Waals surface area contributed by atoms with Gasteiger partial charge in [-0.15, -0.1) is 0 Å². The largest absolute Gasteiger partial charge is 0.390 e. The van der Waals surface area contributed by atoms with Crippen LogP contribution in [0.25, 0.3) is 11.4 Å². The highest BCUT2D eigenvalue weighted by molar-refractivity contribution is 5.93.